The molecular formula is C17H19ClN4O. The number of aromatic nitrogens is 2. The topological polar surface area (TPSA) is 58.1 Å². The van der Waals surface area contributed by atoms with Crippen molar-refractivity contribution in [2.45, 2.75) is 26.2 Å². The molecule has 0 aliphatic carbocycles. The molecule has 0 radical (unpaired) electrons. The number of rotatable bonds is 3. The molecule has 1 saturated heterocycles. The monoisotopic (exact) mass is 330 g/mol. The quantitative estimate of drug-likeness (QED) is 0.929. The molecule has 1 aromatic carbocycles. The van der Waals surface area contributed by atoms with E-state index >= 15 is 0 Å². The Morgan fingerprint density at radius 1 is 1.13 bits per heavy atom. The molecule has 0 spiro atoms. The van der Waals surface area contributed by atoms with Crippen molar-refractivity contribution in [3.8, 4) is 0 Å². The van der Waals surface area contributed by atoms with E-state index in [1.165, 1.54) is 6.42 Å². The molecule has 5 nitrogen and oxygen atoms in total. The van der Waals surface area contributed by atoms with Gasteiger partial charge in [0.1, 0.15) is 0 Å². The minimum Gasteiger partial charge on any atom is -0.339 e. The number of carbonyl (C=O) groups excluding carboxylic acids is 1. The molecule has 1 aliphatic heterocycles. The highest BCUT2D eigenvalue weighted by Gasteiger charge is 2.19. The summed E-state index contributed by atoms with van der Waals surface area (Å²) >= 11 is 6.11. The summed E-state index contributed by atoms with van der Waals surface area (Å²) in [5.41, 5.74) is 2.25. The summed E-state index contributed by atoms with van der Waals surface area (Å²) in [6.45, 7) is 3.57. The smallest absolute Gasteiger partial charge is 0.274 e. The van der Waals surface area contributed by atoms with Gasteiger partial charge in [0.2, 0.25) is 0 Å². The van der Waals surface area contributed by atoms with E-state index in [0.717, 1.165) is 37.2 Å². The zero-order chi connectivity index (χ0) is 16.2. The standard InChI is InChI=1S/C17H19ClN4O/c1-12-5-6-13(11-14(12)18)19-16-8-7-15(20-21-16)17(23)22-9-3-2-4-10-22/h5-8,11H,2-4,9-10H2,1H3,(H,19,21). The number of piperidine rings is 1. The lowest BCUT2D eigenvalue weighted by atomic mass is 10.1. The van der Waals surface area contributed by atoms with Crippen LogP contribution in [0.25, 0.3) is 0 Å². The molecule has 0 unspecified atom stereocenters. The van der Waals surface area contributed by atoms with Crippen LogP contribution in [0.3, 0.4) is 0 Å². The van der Waals surface area contributed by atoms with Crippen LogP contribution in [-0.4, -0.2) is 34.1 Å². The lowest BCUT2D eigenvalue weighted by Gasteiger charge is -2.26. The maximum Gasteiger partial charge on any atom is 0.274 e. The Kier molecular flexibility index (Phi) is 4.76. The van der Waals surface area contributed by atoms with Crippen molar-refractivity contribution in [3.63, 3.8) is 0 Å². The summed E-state index contributed by atoms with van der Waals surface area (Å²) in [6, 6.07) is 9.17. The number of likely N-dealkylation sites (tertiary alicyclic amines) is 1. The summed E-state index contributed by atoms with van der Waals surface area (Å²) in [6.07, 6.45) is 3.32. The van der Waals surface area contributed by atoms with Gasteiger partial charge in [-0.15, -0.1) is 10.2 Å². The molecule has 3 rings (SSSR count). The van der Waals surface area contributed by atoms with Gasteiger partial charge in [0.05, 0.1) is 0 Å². The van der Waals surface area contributed by atoms with Crippen molar-refractivity contribution in [1.82, 2.24) is 15.1 Å². The third kappa shape index (κ3) is 3.79. The number of nitrogens with one attached hydrogen (secondary N) is 1. The average Bonchev–Trinajstić information content (AvgIpc) is 2.59. The Morgan fingerprint density at radius 2 is 1.91 bits per heavy atom. The van der Waals surface area contributed by atoms with Crippen LogP contribution in [0.15, 0.2) is 30.3 Å². The molecule has 1 aliphatic rings. The molecule has 0 saturated carbocycles. The number of anilines is 2. The number of amides is 1. The maximum absolute atomic E-state index is 12.3. The van der Waals surface area contributed by atoms with Crippen LogP contribution in [0.5, 0.6) is 0 Å². The lowest BCUT2D eigenvalue weighted by Crippen LogP contribution is -2.36. The largest absolute Gasteiger partial charge is 0.339 e. The highest BCUT2D eigenvalue weighted by molar-refractivity contribution is 6.31. The molecule has 23 heavy (non-hydrogen) atoms. The first-order chi connectivity index (χ1) is 11.1. The second-order valence-corrected chi connectivity index (χ2v) is 6.15. The van der Waals surface area contributed by atoms with Crippen LogP contribution < -0.4 is 5.32 Å². The number of hydrogen-bond donors (Lipinski definition) is 1. The lowest BCUT2D eigenvalue weighted by molar-refractivity contribution is 0.0717. The van der Waals surface area contributed by atoms with Gasteiger partial charge in [0, 0.05) is 23.8 Å². The minimum atomic E-state index is -0.0397. The van der Waals surface area contributed by atoms with Crippen molar-refractivity contribution in [2.75, 3.05) is 18.4 Å². The molecule has 0 bridgehead atoms. The van der Waals surface area contributed by atoms with E-state index in [1.54, 1.807) is 12.1 Å². The Labute approximate surface area is 140 Å². The second kappa shape index (κ2) is 6.96. The van der Waals surface area contributed by atoms with Crippen LogP contribution in [0, 0.1) is 6.92 Å². The van der Waals surface area contributed by atoms with Gasteiger partial charge in [-0.1, -0.05) is 17.7 Å². The van der Waals surface area contributed by atoms with Crippen molar-refractivity contribution < 1.29 is 4.79 Å². The fraction of sp³-hybridized carbons (Fsp3) is 0.353. The normalized spacial score (nSPS) is 14.6. The van der Waals surface area contributed by atoms with Gasteiger partial charge in [-0.25, -0.2) is 0 Å². The number of aryl methyl sites for hydroxylation is 1. The first-order valence-corrected chi connectivity index (χ1v) is 8.17. The van der Waals surface area contributed by atoms with E-state index in [4.69, 9.17) is 11.6 Å². The fourth-order valence-electron chi connectivity index (χ4n) is 2.59. The van der Waals surface area contributed by atoms with Gasteiger partial charge < -0.3 is 10.2 Å². The second-order valence-electron chi connectivity index (χ2n) is 5.75. The Balaban J connectivity index is 1.68. The highest BCUT2D eigenvalue weighted by atomic mass is 35.5. The van der Waals surface area contributed by atoms with Gasteiger partial charge in [-0.05, 0) is 56.0 Å². The van der Waals surface area contributed by atoms with E-state index in [2.05, 4.69) is 15.5 Å². The third-order valence-electron chi connectivity index (χ3n) is 3.97. The van der Waals surface area contributed by atoms with Crippen LogP contribution in [0.2, 0.25) is 5.02 Å². The number of hydrogen-bond acceptors (Lipinski definition) is 4. The van der Waals surface area contributed by atoms with E-state index in [0.29, 0.717) is 16.5 Å². The van der Waals surface area contributed by atoms with E-state index < -0.39 is 0 Å². The van der Waals surface area contributed by atoms with Gasteiger partial charge in [-0.2, -0.15) is 0 Å². The maximum atomic E-state index is 12.3. The van der Waals surface area contributed by atoms with Crippen molar-refractivity contribution >= 4 is 29.0 Å². The van der Waals surface area contributed by atoms with E-state index in [9.17, 15) is 4.79 Å². The van der Waals surface area contributed by atoms with E-state index in [1.807, 2.05) is 30.0 Å². The summed E-state index contributed by atoms with van der Waals surface area (Å²) in [5, 5.41) is 12.0. The predicted octanol–water partition coefficient (Wildman–Crippen LogP) is 3.81. The van der Waals surface area contributed by atoms with Crippen LogP contribution in [0.4, 0.5) is 11.5 Å². The average molecular weight is 331 g/mol. The molecule has 1 N–H and O–H groups in total. The molecule has 2 heterocycles. The van der Waals surface area contributed by atoms with Crippen LogP contribution in [0.1, 0.15) is 35.3 Å². The summed E-state index contributed by atoms with van der Waals surface area (Å²) in [4.78, 5) is 14.2. The molecule has 1 fully saturated rings. The molecule has 0 atom stereocenters. The highest BCUT2D eigenvalue weighted by Crippen LogP contribution is 2.22. The van der Waals surface area contributed by atoms with E-state index in [-0.39, 0.29) is 5.91 Å². The SMILES string of the molecule is Cc1ccc(Nc2ccc(C(=O)N3CCCCC3)nn2)cc1Cl. The number of nitrogens with zero attached hydrogens (tertiary/aromatic N) is 3. The van der Waals surface area contributed by atoms with Crippen LogP contribution >= 0.6 is 11.6 Å². The minimum absolute atomic E-state index is 0.0397. The first-order valence-electron chi connectivity index (χ1n) is 7.80. The predicted molar refractivity (Wildman–Crippen MR) is 91.3 cm³/mol. The molecule has 1 aromatic heterocycles. The van der Waals surface area contributed by atoms with Crippen molar-refractivity contribution in [1.29, 1.82) is 0 Å². The Hall–Kier alpha value is -2.14. The summed E-state index contributed by atoms with van der Waals surface area (Å²) < 4.78 is 0. The van der Waals surface area contributed by atoms with Crippen molar-refractivity contribution in [3.05, 3.63) is 46.6 Å². The number of benzene rings is 1. The zero-order valence-electron chi connectivity index (χ0n) is 13.1. The van der Waals surface area contributed by atoms with Crippen LogP contribution in [-0.2, 0) is 0 Å². The van der Waals surface area contributed by atoms with Gasteiger partial charge >= 0.3 is 0 Å². The first kappa shape index (κ1) is 15.7. The molecular weight excluding hydrogens is 312 g/mol. The Morgan fingerprint density at radius 3 is 2.57 bits per heavy atom. The Bertz CT molecular complexity index is 696. The van der Waals surface area contributed by atoms with Gasteiger partial charge in [0.25, 0.3) is 5.91 Å². The summed E-state index contributed by atoms with van der Waals surface area (Å²) in [7, 11) is 0. The molecule has 2 aromatic rings. The molecule has 1 amide bonds. The fourth-order valence-corrected chi connectivity index (χ4v) is 2.77. The number of carbonyl (C=O) groups is 1. The van der Waals surface area contributed by atoms with Crippen molar-refractivity contribution in [2.24, 2.45) is 0 Å². The number of halogens is 1. The zero-order valence-corrected chi connectivity index (χ0v) is 13.8. The molecule has 6 heteroatoms. The van der Waals surface area contributed by atoms with Gasteiger partial charge in [-0.3, -0.25) is 4.79 Å². The molecule has 120 valence electrons. The summed E-state index contributed by atoms with van der Waals surface area (Å²) in [5.74, 6) is 0.544. The van der Waals surface area contributed by atoms with Gasteiger partial charge in [0.15, 0.2) is 11.5 Å². The third-order valence-corrected chi connectivity index (χ3v) is 4.38.